The maximum atomic E-state index is 8.31. The van der Waals surface area contributed by atoms with Gasteiger partial charge < -0.3 is 0 Å². The quantitative estimate of drug-likeness (QED) is 0.268. The highest BCUT2D eigenvalue weighted by Crippen LogP contribution is 2.03. The Morgan fingerprint density at radius 3 is 2.50 bits per heavy atom. The first-order valence-electron chi connectivity index (χ1n) is 4.43. The molecule has 1 unspecified atom stereocenters. The predicted octanol–water partition coefficient (Wildman–Crippen LogP) is 2.35. The first kappa shape index (κ1) is 11.8. The molecule has 1 atom stereocenters. The van der Waals surface area contributed by atoms with Gasteiger partial charge in [-0.3, -0.25) is 0 Å². The molecule has 0 spiro atoms. The van der Waals surface area contributed by atoms with Crippen LogP contribution in [0, 0.1) is 0 Å². The predicted molar refractivity (Wildman–Crippen MR) is 44.4 cm³/mol. The van der Waals surface area contributed by atoms with Gasteiger partial charge in [0.25, 0.3) is 0 Å². The van der Waals surface area contributed by atoms with Crippen molar-refractivity contribution in [3.8, 4) is 0 Å². The SMILES string of the molecule is CCCCOOC(CCC)OO. The molecule has 0 fully saturated rings. The Morgan fingerprint density at radius 1 is 1.25 bits per heavy atom. The summed E-state index contributed by atoms with van der Waals surface area (Å²) in [7, 11) is 0. The van der Waals surface area contributed by atoms with E-state index in [-0.39, 0.29) is 0 Å². The zero-order valence-corrected chi connectivity index (χ0v) is 7.78. The van der Waals surface area contributed by atoms with Gasteiger partial charge in [0.05, 0.1) is 6.61 Å². The van der Waals surface area contributed by atoms with E-state index in [4.69, 9.17) is 15.0 Å². The summed E-state index contributed by atoms with van der Waals surface area (Å²) in [6.45, 7) is 4.58. The van der Waals surface area contributed by atoms with Crippen LogP contribution in [-0.4, -0.2) is 18.2 Å². The van der Waals surface area contributed by atoms with Gasteiger partial charge in [0.15, 0.2) is 0 Å². The first-order valence-corrected chi connectivity index (χ1v) is 4.43. The molecule has 0 aliphatic heterocycles. The molecule has 0 aromatic rings. The molecule has 12 heavy (non-hydrogen) atoms. The zero-order chi connectivity index (χ0) is 9.23. The number of rotatable bonds is 8. The maximum absolute atomic E-state index is 8.31. The molecule has 1 N–H and O–H groups in total. The van der Waals surface area contributed by atoms with Crippen molar-refractivity contribution < 1.29 is 19.9 Å². The Balaban J connectivity index is 3.19. The van der Waals surface area contributed by atoms with Gasteiger partial charge in [-0.2, -0.15) is 0 Å². The van der Waals surface area contributed by atoms with Gasteiger partial charge in [0.2, 0.25) is 6.29 Å². The topological polar surface area (TPSA) is 47.9 Å². The second-order valence-corrected chi connectivity index (χ2v) is 2.60. The van der Waals surface area contributed by atoms with E-state index >= 15 is 0 Å². The van der Waals surface area contributed by atoms with Gasteiger partial charge in [-0.25, -0.2) is 19.9 Å². The van der Waals surface area contributed by atoms with E-state index in [2.05, 4.69) is 11.8 Å². The lowest BCUT2D eigenvalue weighted by Crippen LogP contribution is -2.15. The summed E-state index contributed by atoms with van der Waals surface area (Å²) in [6.07, 6.45) is 2.86. The van der Waals surface area contributed by atoms with Gasteiger partial charge in [0, 0.05) is 6.42 Å². The van der Waals surface area contributed by atoms with Crippen LogP contribution < -0.4 is 0 Å². The highest BCUT2D eigenvalue weighted by molar-refractivity contribution is 4.36. The third kappa shape index (κ3) is 6.54. The maximum Gasteiger partial charge on any atom is 0.224 e. The van der Waals surface area contributed by atoms with Crippen LogP contribution in [0.1, 0.15) is 39.5 Å². The van der Waals surface area contributed by atoms with Crippen LogP contribution in [0.3, 0.4) is 0 Å². The minimum atomic E-state index is -0.646. The van der Waals surface area contributed by atoms with Crippen LogP contribution in [0.4, 0.5) is 0 Å². The fourth-order valence-corrected chi connectivity index (χ4v) is 0.681. The van der Waals surface area contributed by atoms with Gasteiger partial charge in [0.1, 0.15) is 0 Å². The van der Waals surface area contributed by atoms with Gasteiger partial charge in [-0.15, -0.1) is 0 Å². The Bertz CT molecular complexity index is 87.1. The second-order valence-electron chi connectivity index (χ2n) is 2.60. The van der Waals surface area contributed by atoms with Crippen molar-refractivity contribution in [2.24, 2.45) is 0 Å². The lowest BCUT2D eigenvalue weighted by molar-refractivity contribution is -0.449. The normalized spacial score (nSPS) is 13.2. The molecule has 0 aliphatic rings. The van der Waals surface area contributed by atoms with E-state index in [1.54, 1.807) is 0 Å². The summed E-state index contributed by atoms with van der Waals surface area (Å²) in [4.78, 5) is 13.6. The Labute approximate surface area is 73.3 Å². The number of hydrogen-bond acceptors (Lipinski definition) is 4. The Morgan fingerprint density at radius 2 is 2.00 bits per heavy atom. The van der Waals surface area contributed by atoms with Crippen LogP contribution in [0.15, 0.2) is 0 Å². The molecule has 0 bridgehead atoms. The molecule has 0 aromatic heterocycles. The van der Waals surface area contributed by atoms with E-state index in [0.29, 0.717) is 13.0 Å². The van der Waals surface area contributed by atoms with Crippen molar-refractivity contribution in [3.63, 3.8) is 0 Å². The largest absolute Gasteiger partial charge is 0.249 e. The van der Waals surface area contributed by atoms with Gasteiger partial charge in [-0.1, -0.05) is 26.7 Å². The summed E-state index contributed by atoms with van der Waals surface area (Å²) < 4.78 is 0. The average Bonchev–Trinajstić information content (AvgIpc) is 2.10. The van der Waals surface area contributed by atoms with E-state index in [1.807, 2.05) is 6.92 Å². The van der Waals surface area contributed by atoms with Gasteiger partial charge in [-0.05, 0) is 6.42 Å². The molecule has 0 saturated carbocycles. The van der Waals surface area contributed by atoms with Crippen LogP contribution in [-0.2, 0) is 14.7 Å². The van der Waals surface area contributed by atoms with Crippen molar-refractivity contribution in [1.82, 2.24) is 0 Å². The summed E-state index contributed by atoms with van der Waals surface area (Å²) in [5, 5.41) is 8.31. The van der Waals surface area contributed by atoms with Crippen LogP contribution in [0.2, 0.25) is 0 Å². The molecule has 0 aromatic carbocycles. The third-order valence-corrected chi connectivity index (χ3v) is 1.40. The smallest absolute Gasteiger partial charge is 0.224 e. The summed E-state index contributed by atoms with van der Waals surface area (Å²) in [5.41, 5.74) is 0. The molecule has 74 valence electrons. The molecule has 0 saturated heterocycles. The molecule has 4 nitrogen and oxygen atoms in total. The fraction of sp³-hybridized carbons (Fsp3) is 1.00. The van der Waals surface area contributed by atoms with E-state index in [0.717, 1.165) is 19.3 Å². The highest BCUT2D eigenvalue weighted by Gasteiger charge is 2.07. The first-order chi connectivity index (χ1) is 5.85. The molecular formula is C8H18O4. The number of unbranched alkanes of at least 4 members (excludes halogenated alkanes) is 1. The minimum absolute atomic E-state index is 0.542. The summed E-state index contributed by atoms with van der Waals surface area (Å²) >= 11 is 0. The van der Waals surface area contributed by atoms with Crippen LogP contribution in [0.5, 0.6) is 0 Å². The van der Waals surface area contributed by atoms with Crippen LogP contribution >= 0.6 is 0 Å². The van der Waals surface area contributed by atoms with Crippen molar-refractivity contribution >= 4 is 0 Å². The molecule has 0 rings (SSSR count). The lowest BCUT2D eigenvalue weighted by atomic mass is 10.3. The molecule has 0 radical (unpaired) electrons. The second kappa shape index (κ2) is 8.93. The average molecular weight is 178 g/mol. The Hall–Kier alpha value is -0.160. The van der Waals surface area contributed by atoms with Crippen molar-refractivity contribution in [1.29, 1.82) is 0 Å². The molecule has 0 aliphatic carbocycles. The summed E-state index contributed by atoms with van der Waals surface area (Å²) in [5.74, 6) is 0. The zero-order valence-electron chi connectivity index (χ0n) is 7.78. The van der Waals surface area contributed by atoms with E-state index < -0.39 is 6.29 Å². The highest BCUT2D eigenvalue weighted by atomic mass is 17.3. The van der Waals surface area contributed by atoms with Crippen molar-refractivity contribution in [2.45, 2.75) is 45.8 Å². The molecule has 0 amide bonds. The molecule has 0 heterocycles. The van der Waals surface area contributed by atoms with E-state index in [1.165, 1.54) is 0 Å². The lowest BCUT2D eigenvalue weighted by Gasteiger charge is -2.11. The molecule has 4 heteroatoms. The Kier molecular flexibility index (Phi) is 8.81. The van der Waals surface area contributed by atoms with E-state index in [9.17, 15) is 0 Å². The molecular weight excluding hydrogens is 160 g/mol. The fourth-order valence-electron chi connectivity index (χ4n) is 0.681. The minimum Gasteiger partial charge on any atom is -0.249 e. The summed E-state index contributed by atoms with van der Waals surface area (Å²) in [6, 6.07) is 0. The number of hydrogen-bond donors (Lipinski definition) is 1. The van der Waals surface area contributed by atoms with Crippen LogP contribution in [0.25, 0.3) is 0 Å². The monoisotopic (exact) mass is 178 g/mol. The van der Waals surface area contributed by atoms with Crippen molar-refractivity contribution in [3.05, 3.63) is 0 Å². The van der Waals surface area contributed by atoms with Crippen molar-refractivity contribution in [2.75, 3.05) is 6.61 Å². The standard InChI is InChI=1S/C8H18O4/c1-3-5-7-10-12-8(11-9)6-4-2/h8-9H,3-7H2,1-2H3. The third-order valence-electron chi connectivity index (χ3n) is 1.40. The van der Waals surface area contributed by atoms with Gasteiger partial charge >= 0.3 is 0 Å².